The third-order valence-corrected chi connectivity index (χ3v) is 3.47. The molecule has 5 heteroatoms. The summed E-state index contributed by atoms with van der Waals surface area (Å²) >= 11 is 0. The first-order chi connectivity index (χ1) is 6.15. The lowest BCUT2D eigenvalue weighted by Crippen LogP contribution is -2.25. The van der Waals surface area contributed by atoms with Crippen molar-refractivity contribution in [2.24, 2.45) is 0 Å². The zero-order valence-electron chi connectivity index (χ0n) is 7.91. The molecule has 0 spiro atoms. The van der Waals surface area contributed by atoms with Gasteiger partial charge in [0.1, 0.15) is 5.91 Å². The Morgan fingerprint density at radius 3 is 2.38 bits per heavy atom. The Hall–Kier alpha value is -0.783. The van der Waals surface area contributed by atoms with Crippen LogP contribution in [0.2, 0.25) is 6.04 Å². The Morgan fingerprint density at radius 2 is 2.00 bits per heavy atom. The number of methoxy groups -OCH3 is 2. The normalized spacial score (nSPS) is 11.0. The van der Waals surface area contributed by atoms with Gasteiger partial charge in [-0.2, -0.15) is 0 Å². The van der Waals surface area contributed by atoms with Crippen molar-refractivity contribution in [3.05, 3.63) is 12.7 Å². The highest BCUT2D eigenvalue weighted by molar-refractivity contribution is 6.54. The molecule has 4 nitrogen and oxygen atoms in total. The van der Waals surface area contributed by atoms with Gasteiger partial charge in [0.25, 0.3) is 0 Å². The Kier molecular flexibility index (Phi) is 6.30. The van der Waals surface area contributed by atoms with Gasteiger partial charge < -0.3 is 9.47 Å². The van der Waals surface area contributed by atoms with E-state index in [4.69, 9.17) is 9.47 Å². The van der Waals surface area contributed by atoms with E-state index in [1.54, 1.807) is 0 Å². The lowest BCUT2D eigenvalue weighted by molar-refractivity contribution is -0.132. The highest BCUT2D eigenvalue weighted by atomic mass is 28.2. The fourth-order valence-corrected chi connectivity index (χ4v) is 2.03. The Morgan fingerprint density at radius 1 is 1.46 bits per heavy atom. The fourth-order valence-electron chi connectivity index (χ4n) is 0.818. The van der Waals surface area contributed by atoms with Crippen molar-refractivity contribution in [3.63, 3.8) is 0 Å². The number of Topliss-reactive ketones (excluding diaryl/α,β-unsaturated/α-hetero) is 1. The van der Waals surface area contributed by atoms with Gasteiger partial charge in [-0.25, -0.2) is 0 Å². The molecule has 0 amide bonds. The van der Waals surface area contributed by atoms with E-state index in [-0.39, 0.29) is 12.0 Å². The van der Waals surface area contributed by atoms with E-state index >= 15 is 0 Å². The lowest BCUT2D eigenvalue weighted by atomic mass is 10.3. The van der Waals surface area contributed by atoms with Crippen LogP contribution in [-0.2, 0) is 19.1 Å². The van der Waals surface area contributed by atoms with Crippen molar-refractivity contribution in [3.8, 4) is 0 Å². The number of ketones is 2. The predicted molar refractivity (Wildman–Crippen MR) is 51.4 cm³/mol. The maximum absolute atomic E-state index is 11.0. The summed E-state index contributed by atoms with van der Waals surface area (Å²) < 4.78 is 9.83. The summed E-state index contributed by atoms with van der Waals surface area (Å²) in [6, 6.07) is 0.261. The zero-order valence-corrected chi connectivity index (χ0v) is 9.32. The molecule has 74 valence electrons. The van der Waals surface area contributed by atoms with Gasteiger partial charge in [0.05, 0.1) is 9.52 Å². The van der Waals surface area contributed by atoms with E-state index in [1.807, 2.05) is 0 Å². The molecule has 0 bridgehead atoms. The number of allylic oxidation sites excluding steroid dienone is 1. The topological polar surface area (TPSA) is 52.6 Å². The third kappa shape index (κ3) is 4.71. The Bertz CT molecular complexity index is 198. The molecule has 0 aliphatic rings. The minimum atomic E-state index is -0.837. The van der Waals surface area contributed by atoms with Crippen LogP contribution in [-0.4, -0.2) is 41.2 Å². The molecule has 0 atom stereocenters. The molecule has 13 heavy (non-hydrogen) atoms. The number of hydrogen-bond acceptors (Lipinski definition) is 4. The van der Waals surface area contributed by atoms with Crippen molar-refractivity contribution in [2.75, 3.05) is 14.2 Å². The molecule has 0 N–H and O–H groups in total. The average Bonchev–Trinajstić information content (AvgIpc) is 2.17. The summed E-state index contributed by atoms with van der Waals surface area (Å²) in [4.78, 5) is 21.8. The number of rotatable bonds is 7. The average molecular weight is 202 g/mol. The van der Waals surface area contributed by atoms with Crippen LogP contribution in [0, 0.1) is 0 Å². The number of carbonyl (C=O) groups is 2. The smallest absolute Gasteiger partial charge is 0.220 e. The van der Waals surface area contributed by atoms with Gasteiger partial charge in [0, 0.05) is 20.3 Å². The minimum Gasteiger partial charge on any atom is -0.360 e. The second kappa shape index (κ2) is 6.70. The fraction of sp³-hybridized carbons (Fsp3) is 0.500. The summed E-state index contributed by atoms with van der Waals surface area (Å²) in [5.74, 6) is -1.22. The number of ether oxygens (including phenoxy) is 2. The molecule has 0 aliphatic carbocycles. The summed E-state index contributed by atoms with van der Waals surface area (Å²) in [6.45, 7) is 3.23. The lowest BCUT2D eigenvalue weighted by Gasteiger charge is -2.10. The van der Waals surface area contributed by atoms with Crippen LogP contribution in [0.1, 0.15) is 0 Å². The van der Waals surface area contributed by atoms with E-state index in [9.17, 15) is 9.59 Å². The van der Waals surface area contributed by atoms with Gasteiger partial charge in [-0.3, -0.25) is 9.59 Å². The first-order valence-electron chi connectivity index (χ1n) is 3.90. The standard InChI is InChI=1S/C8H14O4Si/c1-4-6(9)7(10)5-13-8(11-2)12-3/h4,8H,1,5,13H2,2-3H3. The summed E-state index contributed by atoms with van der Waals surface area (Å²) in [7, 11) is 2.19. The van der Waals surface area contributed by atoms with E-state index in [2.05, 4.69) is 6.58 Å². The van der Waals surface area contributed by atoms with Crippen LogP contribution in [0.15, 0.2) is 12.7 Å². The number of carbonyl (C=O) groups excluding carboxylic acids is 2. The molecule has 0 aromatic rings. The SMILES string of the molecule is C=CC(=O)C(=O)C[SiH2]C(OC)OC. The largest absolute Gasteiger partial charge is 0.360 e. The molecule has 0 saturated carbocycles. The van der Waals surface area contributed by atoms with Gasteiger partial charge in [-0.15, -0.1) is 0 Å². The Balaban J connectivity index is 3.81. The van der Waals surface area contributed by atoms with Crippen molar-refractivity contribution in [2.45, 2.75) is 12.0 Å². The molecule has 0 aromatic carbocycles. The Labute approximate surface area is 79.7 Å². The van der Waals surface area contributed by atoms with E-state index in [0.717, 1.165) is 6.08 Å². The summed E-state index contributed by atoms with van der Waals surface area (Å²) in [6.07, 6.45) is 1.03. The van der Waals surface area contributed by atoms with Gasteiger partial charge in [-0.1, -0.05) is 6.58 Å². The van der Waals surface area contributed by atoms with Crippen LogP contribution in [0.4, 0.5) is 0 Å². The molecule has 0 unspecified atom stereocenters. The van der Waals surface area contributed by atoms with E-state index < -0.39 is 21.1 Å². The predicted octanol–water partition coefficient (Wildman–Crippen LogP) is -0.526. The van der Waals surface area contributed by atoms with Gasteiger partial charge in [-0.05, 0) is 6.08 Å². The second-order valence-corrected chi connectivity index (χ2v) is 4.18. The van der Waals surface area contributed by atoms with Gasteiger partial charge >= 0.3 is 0 Å². The van der Waals surface area contributed by atoms with Crippen molar-refractivity contribution in [1.29, 1.82) is 0 Å². The second-order valence-electron chi connectivity index (χ2n) is 2.43. The monoisotopic (exact) mass is 202 g/mol. The quantitative estimate of drug-likeness (QED) is 0.241. The van der Waals surface area contributed by atoms with Crippen LogP contribution in [0.3, 0.4) is 0 Å². The summed E-state index contributed by atoms with van der Waals surface area (Å²) in [5, 5.41) is 0. The minimum absolute atomic E-state index is 0.261. The van der Waals surface area contributed by atoms with Crippen LogP contribution >= 0.6 is 0 Å². The third-order valence-electron chi connectivity index (χ3n) is 1.59. The molecule has 0 radical (unpaired) electrons. The number of hydrogen-bond donors (Lipinski definition) is 0. The van der Waals surface area contributed by atoms with Crippen LogP contribution in [0.25, 0.3) is 0 Å². The molecule has 0 saturated heterocycles. The molecular weight excluding hydrogens is 188 g/mol. The molecule has 0 heterocycles. The zero-order chi connectivity index (χ0) is 10.3. The maximum Gasteiger partial charge on any atom is 0.220 e. The van der Waals surface area contributed by atoms with Crippen LogP contribution < -0.4 is 0 Å². The van der Waals surface area contributed by atoms with Crippen molar-refractivity contribution < 1.29 is 19.1 Å². The first-order valence-corrected chi connectivity index (χ1v) is 5.72. The summed E-state index contributed by atoms with van der Waals surface area (Å²) in [5.41, 5.74) is 0. The van der Waals surface area contributed by atoms with E-state index in [1.165, 1.54) is 14.2 Å². The molecule has 0 rings (SSSR count). The first kappa shape index (κ1) is 12.2. The van der Waals surface area contributed by atoms with Gasteiger partial charge in [0.2, 0.25) is 5.78 Å². The molecular formula is C8H14O4Si. The van der Waals surface area contributed by atoms with Crippen LogP contribution in [0.5, 0.6) is 0 Å². The maximum atomic E-state index is 11.0. The molecule has 0 fully saturated rings. The van der Waals surface area contributed by atoms with Crippen molar-refractivity contribution in [1.82, 2.24) is 0 Å². The highest BCUT2D eigenvalue weighted by Gasteiger charge is 2.13. The highest BCUT2D eigenvalue weighted by Crippen LogP contribution is 1.94. The van der Waals surface area contributed by atoms with E-state index in [0.29, 0.717) is 0 Å². The van der Waals surface area contributed by atoms with Gasteiger partial charge in [0.15, 0.2) is 5.78 Å². The molecule has 0 aliphatic heterocycles. The molecule has 0 aromatic heterocycles. The van der Waals surface area contributed by atoms with Crippen molar-refractivity contribution >= 4 is 21.1 Å².